The van der Waals surface area contributed by atoms with E-state index in [0.717, 1.165) is 44.0 Å². The van der Waals surface area contributed by atoms with Crippen LogP contribution in [0.1, 0.15) is 38.2 Å². The predicted molar refractivity (Wildman–Crippen MR) is 91.3 cm³/mol. The average Bonchev–Trinajstić information content (AvgIpc) is 3.23. The summed E-state index contributed by atoms with van der Waals surface area (Å²) in [6.45, 7) is 5.92. The van der Waals surface area contributed by atoms with Crippen LogP contribution in [-0.2, 0) is 11.3 Å². The van der Waals surface area contributed by atoms with Crippen LogP contribution in [0.2, 0.25) is 0 Å². The Labute approximate surface area is 143 Å². The molecular formula is C19H26N2O3. The highest BCUT2D eigenvalue weighted by atomic mass is 16.6. The number of hydrogen-bond donors (Lipinski definition) is 0. The molecule has 24 heavy (non-hydrogen) atoms. The van der Waals surface area contributed by atoms with Crippen molar-refractivity contribution < 1.29 is 14.3 Å². The van der Waals surface area contributed by atoms with Gasteiger partial charge < -0.3 is 14.4 Å². The van der Waals surface area contributed by atoms with Gasteiger partial charge in [-0.3, -0.25) is 9.69 Å². The minimum absolute atomic E-state index is 0.226. The van der Waals surface area contributed by atoms with Gasteiger partial charge in [-0.05, 0) is 49.9 Å². The van der Waals surface area contributed by atoms with E-state index < -0.39 is 0 Å². The van der Waals surface area contributed by atoms with Gasteiger partial charge in [0.25, 0.3) is 0 Å². The number of carbonyl (C=O) groups is 1. The predicted octanol–water partition coefficient (Wildman–Crippen LogP) is 2.43. The summed E-state index contributed by atoms with van der Waals surface area (Å²) in [5.74, 6) is 1.94. The lowest BCUT2D eigenvalue weighted by Gasteiger charge is -2.34. The Bertz CT molecular complexity index is 619. The molecule has 0 aromatic heterocycles. The zero-order chi connectivity index (χ0) is 16.5. The summed E-state index contributed by atoms with van der Waals surface area (Å²) in [6.07, 6.45) is 4.69. The first-order valence-corrected chi connectivity index (χ1v) is 9.12. The number of benzene rings is 1. The van der Waals surface area contributed by atoms with E-state index in [2.05, 4.69) is 21.9 Å². The Balaban J connectivity index is 1.48. The second kappa shape index (κ2) is 6.63. The lowest BCUT2D eigenvalue weighted by molar-refractivity contribution is -0.130. The van der Waals surface area contributed by atoms with Crippen molar-refractivity contribution in [1.82, 2.24) is 9.80 Å². The van der Waals surface area contributed by atoms with Crippen molar-refractivity contribution in [3.05, 3.63) is 23.8 Å². The molecule has 3 aliphatic rings. The molecule has 0 unspecified atom stereocenters. The molecule has 0 saturated carbocycles. The zero-order valence-electron chi connectivity index (χ0n) is 14.4. The first kappa shape index (κ1) is 15.8. The number of fused-ring (bicyclic) bond motifs is 1. The average molecular weight is 330 g/mol. The zero-order valence-corrected chi connectivity index (χ0v) is 14.4. The van der Waals surface area contributed by atoms with Gasteiger partial charge in [-0.15, -0.1) is 0 Å². The normalized spacial score (nSPS) is 26.8. The third-order valence-corrected chi connectivity index (χ3v) is 5.55. The van der Waals surface area contributed by atoms with Gasteiger partial charge in [-0.1, -0.05) is 6.07 Å². The largest absolute Gasteiger partial charge is 0.486 e. The van der Waals surface area contributed by atoms with Crippen LogP contribution in [0, 0.1) is 0 Å². The molecular weight excluding hydrogens is 304 g/mol. The Morgan fingerprint density at radius 3 is 2.67 bits per heavy atom. The van der Waals surface area contributed by atoms with E-state index in [1.54, 1.807) is 6.92 Å². The molecule has 4 rings (SSSR count). The highest BCUT2D eigenvalue weighted by Gasteiger charge is 2.38. The quantitative estimate of drug-likeness (QED) is 0.854. The van der Waals surface area contributed by atoms with Crippen molar-refractivity contribution in [2.45, 2.75) is 51.2 Å². The molecule has 0 spiro atoms. The van der Waals surface area contributed by atoms with Gasteiger partial charge >= 0.3 is 0 Å². The third kappa shape index (κ3) is 2.97. The molecule has 2 fully saturated rings. The van der Waals surface area contributed by atoms with E-state index in [0.29, 0.717) is 25.3 Å². The van der Waals surface area contributed by atoms with E-state index in [-0.39, 0.29) is 5.91 Å². The third-order valence-electron chi connectivity index (χ3n) is 5.55. The van der Waals surface area contributed by atoms with Crippen LogP contribution in [0.5, 0.6) is 11.5 Å². The van der Waals surface area contributed by atoms with E-state index >= 15 is 0 Å². The van der Waals surface area contributed by atoms with Gasteiger partial charge in [0.2, 0.25) is 5.91 Å². The second-order valence-electron chi connectivity index (χ2n) is 7.08. The Hall–Kier alpha value is -1.75. The van der Waals surface area contributed by atoms with Gasteiger partial charge in [0.05, 0.1) is 0 Å². The minimum atomic E-state index is 0.226. The number of hydrogen-bond acceptors (Lipinski definition) is 4. The SMILES string of the molecule is CC(=O)N1CCC[C@H]1[C@@H]1CCCN1Cc1ccc2c(c1)OCCO2. The summed E-state index contributed by atoms with van der Waals surface area (Å²) in [6, 6.07) is 7.15. The van der Waals surface area contributed by atoms with Crippen LogP contribution in [0.25, 0.3) is 0 Å². The highest BCUT2D eigenvalue weighted by molar-refractivity contribution is 5.74. The van der Waals surface area contributed by atoms with E-state index in [1.807, 2.05) is 6.07 Å². The summed E-state index contributed by atoms with van der Waals surface area (Å²) in [7, 11) is 0. The summed E-state index contributed by atoms with van der Waals surface area (Å²) in [5, 5.41) is 0. The monoisotopic (exact) mass is 330 g/mol. The Kier molecular flexibility index (Phi) is 4.35. The van der Waals surface area contributed by atoms with Crippen molar-refractivity contribution in [2.75, 3.05) is 26.3 Å². The number of likely N-dealkylation sites (tertiary alicyclic amines) is 2. The van der Waals surface area contributed by atoms with Crippen molar-refractivity contribution >= 4 is 5.91 Å². The molecule has 5 heteroatoms. The molecule has 0 aliphatic carbocycles. The molecule has 0 radical (unpaired) electrons. The molecule has 0 bridgehead atoms. The standard InChI is InChI=1S/C19H26N2O3/c1-14(22)21-9-3-5-17(21)16-4-2-8-20(16)13-15-6-7-18-19(12-15)24-11-10-23-18/h6-7,12,16-17H,2-5,8-11,13H2,1H3/t16-,17-/m0/s1. The number of ether oxygens (including phenoxy) is 2. The molecule has 3 heterocycles. The summed E-state index contributed by atoms with van der Waals surface area (Å²) < 4.78 is 11.3. The molecule has 1 aromatic carbocycles. The minimum Gasteiger partial charge on any atom is -0.486 e. The van der Waals surface area contributed by atoms with Crippen LogP contribution in [0.4, 0.5) is 0 Å². The first-order chi connectivity index (χ1) is 11.7. The molecule has 130 valence electrons. The fraction of sp³-hybridized carbons (Fsp3) is 0.632. The second-order valence-corrected chi connectivity index (χ2v) is 7.08. The molecule has 1 aromatic rings. The maximum Gasteiger partial charge on any atom is 0.219 e. The Morgan fingerprint density at radius 1 is 1.08 bits per heavy atom. The van der Waals surface area contributed by atoms with Gasteiger partial charge in [0.15, 0.2) is 11.5 Å². The highest BCUT2D eigenvalue weighted by Crippen LogP contribution is 2.34. The molecule has 3 aliphatic heterocycles. The number of rotatable bonds is 3. The van der Waals surface area contributed by atoms with Crippen molar-refractivity contribution in [3.8, 4) is 11.5 Å². The maximum absolute atomic E-state index is 11.9. The van der Waals surface area contributed by atoms with E-state index in [4.69, 9.17) is 9.47 Å². The number of carbonyl (C=O) groups excluding carboxylic acids is 1. The molecule has 1 amide bonds. The molecule has 0 N–H and O–H groups in total. The maximum atomic E-state index is 11.9. The fourth-order valence-electron chi connectivity index (χ4n) is 4.49. The lowest BCUT2D eigenvalue weighted by atomic mass is 10.0. The summed E-state index contributed by atoms with van der Waals surface area (Å²) in [5.41, 5.74) is 1.26. The molecule has 2 saturated heterocycles. The van der Waals surface area contributed by atoms with Crippen molar-refractivity contribution in [2.24, 2.45) is 0 Å². The lowest BCUT2D eigenvalue weighted by Crippen LogP contribution is -2.47. The van der Waals surface area contributed by atoms with Gasteiger partial charge in [0, 0.05) is 32.1 Å². The van der Waals surface area contributed by atoms with Crippen LogP contribution in [0.3, 0.4) is 0 Å². The van der Waals surface area contributed by atoms with E-state index in [9.17, 15) is 4.79 Å². The molecule has 2 atom stereocenters. The summed E-state index contributed by atoms with van der Waals surface area (Å²) in [4.78, 5) is 16.6. The van der Waals surface area contributed by atoms with Crippen LogP contribution < -0.4 is 9.47 Å². The number of amides is 1. The van der Waals surface area contributed by atoms with Gasteiger partial charge in [0.1, 0.15) is 13.2 Å². The van der Waals surface area contributed by atoms with Crippen LogP contribution in [-0.4, -0.2) is 54.1 Å². The van der Waals surface area contributed by atoms with Gasteiger partial charge in [-0.2, -0.15) is 0 Å². The van der Waals surface area contributed by atoms with Crippen LogP contribution >= 0.6 is 0 Å². The van der Waals surface area contributed by atoms with Crippen molar-refractivity contribution in [3.63, 3.8) is 0 Å². The smallest absolute Gasteiger partial charge is 0.219 e. The van der Waals surface area contributed by atoms with Gasteiger partial charge in [-0.25, -0.2) is 0 Å². The first-order valence-electron chi connectivity index (χ1n) is 9.12. The number of nitrogens with zero attached hydrogens (tertiary/aromatic N) is 2. The fourth-order valence-corrected chi connectivity index (χ4v) is 4.49. The Morgan fingerprint density at radius 2 is 1.83 bits per heavy atom. The molecule has 5 nitrogen and oxygen atoms in total. The van der Waals surface area contributed by atoms with E-state index in [1.165, 1.54) is 18.4 Å². The topological polar surface area (TPSA) is 42.0 Å². The summed E-state index contributed by atoms with van der Waals surface area (Å²) >= 11 is 0. The van der Waals surface area contributed by atoms with Crippen LogP contribution in [0.15, 0.2) is 18.2 Å². The van der Waals surface area contributed by atoms with Crippen molar-refractivity contribution in [1.29, 1.82) is 0 Å².